The second kappa shape index (κ2) is 6.15. The van der Waals surface area contributed by atoms with E-state index in [0.29, 0.717) is 12.6 Å². The summed E-state index contributed by atoms with van der Waals surface area (Å²) >= 11 is 7.00. The van der Waals surface area contributed by atoms with Gasteiger partial charge in [0.25, 0.3) is 0 Å². The van der Waals surface area contributed by atoms with Crippen LogP contribution in [0, 0.1) is 0 Å². The molecule has 0 spiro atoms. The summed E-state index contributed by atoms with van der Waals surface area (Å²) in [7, 11) is 2.11. The number of rotatable bonds is 4. The Bertz CT molecular complexity index is 353. The average Bonchev–Trinajstić information content (AvgIpc) is 2.24. The summed E-state index contributed by atoms with van der Waals surface area (Å²) in [5.41, 5.74) is 7.11. The molecule has 0 saturated carbocycles. The molecule has 0 heterocycles. The van der Waals surface area contributed by atoms with Crippen LogP contribution in [-0.4, -0.2) is 24.5 Å². The number of nitrogens with two attached hydrogens (primary N) is 1. The SMILES string of the molecule is CC(C)N(C)C(CN)c1ccc(Br)c(Br)c1. The molecule has 0 saturated heterocycles. The van der Waals surface area contributed by atoms with Crippen molar-refractivity contribution < 1.29 is 0 Å². The van der Waals surface area contributed by atoms with Crippen LogP contribution >= 0.6 is 31.9 Å². The highest BCUT2D eigenvalue weighted by atomic mass is 79.9. The van der Waals surface area contributed by atoms with Gasteiger partial charge in [0.2, 0.25) is 0 Å². The lowest BCUT2D eigenvalue weighted by atomic mass is 10.0. The van der Waals surface area contributed by atoms with Crippen LogP contribution in [0.2, 0.25) is 0 Å². The number of hydrogen-bond acceptors (Lipinski definition) is 2. The molecule has 0 fully saturated rings. The Hall–Kier alpha value is 0.1000. The Labute approximate surface area is 114 Å². The monoisotopic (exact) mass is 348 g/mol. The van der Waals surface area contributed by atoms with Crippen LogP contribution in [0.25, 0.3) is 0 Å². The van der Waals surface area contributed by atoms with E-state index in [-0.39, 0.29) is 6.04 Å². The van der Waals surface area contributed by atoms with E-state index in [1.54, 1.807) is 0 Å². The van der Waals surface area contributed by atoms with Gasteiger partial charge in [-0.2, -0.15) is 0 Å². The highest BCUT2D eigenvalue weighted by Gasteiger charge is 2.18. The van der Waals surface area contributed by atoms with Gasteiger partial charge in [0, 0.05) is 27.6 Å². The highest BCUT2D eigenvalue weighted by molar-refractivity contribution is 9.13. The van der Waals surface area contributed by atoms with Gasteiger partial charge >= 0.3 is 0 Å². The molecule has 0 aromatic heterocycles. The minimum absolute atomic E-state index is 0.268. The van der Waals surface area contributed by atoms with E-state index in [1.807, 2.05) is 0 Å². The third-order valence-corrected chi connectivity index (χ3v) is 4.74. The summed E-state index contributed by atoms with van der Waals surface area (Å²) in [5, 5.41) is 0. The van der Waals surface area contributed by atoms with Crippen molar-refractivity contribution in [3.8, 4) is 0 Å². The van der Waals surface area contributed by atoms with Gasteiger partial charge in [-0.25, -0.2) is 0 Å². The van der Waals surface area contributed by atoms with E-state index in [0.717, 1.165) is 8.95 Å². The molecule has 1 rings (SSSR count). The molecule has 16 heavy (non-hydrogen) atoms. The first-order chi connectivity index (χ1) is 7.47. The van der Waals surface area contributed by atoms with Gasteiger partial charge in [-0.05, 0) is 70.5 Å². The molecule has 1 aromatic rings. The van der Waals surface area contributed by atoms with Crippen molar-refractivity contribution in [2.24, 2.45) is 5.73 Å². The maximum absolute atomic E-state index is 5.86. The predicted molar refractivity (Wildman–Crippen MR) is 76.5 cm³/mol. The number of halogens is 2. The molecule has 0 amide bonds. The Morgan fingerprint density at radius 3 is 2.31 bits per heavy atom. The standard InChI is InChI=1S/C12H18Br2N2/c1-8(2)16(3)12(7-15)9-4-5-10(13)11(14)6-9/h4-6,8,12H,7,15H2,1-3H3. The van der Waals surface area contributed by atoms with Gasteiger partial charge in [0.05, 0.1) is 0 Å². The van der Waals surface area contributed by atoms with Crippen molar-refractivity contribution >= 4 is 31.9 Å². The first-order valence-corrected chi connectivity index (χ1v) is 6.93. The summed E-state index contributed by atoms with van der Waals surface area (Å²) in [5.74, 6) is 0. The topological polar surface area (TPSA) is 29.3 Å². The zero-order chi connectivity index (χ0) is 12.3. The first kappa shape index (κ1) is 14.2. The second-order valence-electron chi connectivity index (χ2n) is 4.18. The van der Waals surface area contributed by atoms with E-state index in [2.05, 4.69) is 75.9 Å². The van der Waals surface area contributed by atoms with Crippen molar-refractivity contribution in [2.75, 3.05) is 13.6 Å². The third-order valence-electron chi connectivity index (χ3n) is 2.86. The molecule has 1 atom stereocenters. The molecule has 2 nitrogen and oxygen atoms in total. The lowest BCUT2D eigenvalue weighted by Crippen LogP contribution is -2.35. The van der Waals surface area contributed by atoms with Gasteiger partial charge in [-0.15, -0.1) is 0 Å². The molecule has 2 N–H and O–H groups in total. The van der Waals surface area contributed by atoms with Gasteiger partial charge in [0.1, 0.15) is 0 Å². The van der Waals surface area contributed by atoms with Crippen LogP contribution in [0.5, 0.6) is 0 Å². The number of hydrogen-bond donors (Lipinski definition) is 1. The van der Waals surface area contributed by atoms with Crippen molar-refractivity contribution in [1.29, 1.82) is 0 Å². The molecule has 0 aliphatic heterocycles. The normalized spacial score (nSPS) is 13.5. The third kappa shape index (κ3) is 3.29. The van der Waals surface area contributed by atoms with Crippen molar-refractivity contribution in [2.45, 2.75) is 25.9 Å². The van der Waals surface area contributed by atoms with E-state index in [1.165, 1.54) is 5.56 Å². The minimum Gasteiger partial charge on any atom is -0.329 e. The van der Waals surface area contributed by atoms with E-state index < -0.39 is 0 Å². The summed E-state index contributed by atoms with van der Waals surface area (Å²) in [6.07, 6.45) is 0. The maximum Gasteiger partial charge on any atom is 0.0470 e. The predicted octanol–water partition coefficient (Wildman–Crippen LogP) is 3.55. The Balaban J connectivity index is 2.99. The summed E-state index contributed by atoms with van der Waals surface area (Å²) in [6.45, 7) is 4.98. The maximum atomic E-state index is 5.86. The van der Waals surface area contributed by atoms with Crippen LogP contribution in [0.3, 0.4) is 0 Å². The molecule has 1 aromatic carbocycles. The number of likely N-dealkylation sites (N-methyl/N-ethyl adjacent to an activating group) is 1. The smallest absolute Gasteiger partial charge is 0.0470 e. The lowest BCUT2D eigenvalue weighted by molar-refractivity contribution is 0.201. The Kier molecular flexibility index (Phi) is 5.44. The van der Waals surface area contributed by atoms with E-state index in [9.17, 15) is 0 Å². The van der Waals surface area contributed by atoms with Gasteiger partial charge in [-0.3, -0.25) is 4.90 Å². The quantitative estimate of drug-likeness (QED) is 0.900. The van der Waals surface area contributed by atoms with Crippen molar-refractivity contribution in [3.63, 3.8) is 0 Å². The Morgan fingerprint density at radius 2 is 1.88 bits per heavy atom. The zero-order valence-corrected chi connectivity index (χ0v) is 13.0. The fraction of sp³-hybridized carbons (Fsp3) is 0.500. The first-order valence-electron chi connectivity index (χ1n) is 5.34. The zero-order valence-electron chi connectivity index (χ0n) is 9.87. The lowest BCUT2D eigenvalue weighted by Gasteiger charge is -2.31. The molecule has 0 radical (unpaired) electrons. The van der Waals surface area contributed by atoms with Crippen molar-refractivity contribution in [1.82, 2.24) is 4.90 Å². The van der Waals surface area contributed by atoms with Crippen LogP contribution in [-0.2, 0) is 0 Å². The molecule has 1 unspecified atom stereocenters. The van der Waals surface area contributed by atoms with Gasteiger partial charge in [-0.1, -0.05) is 6.07 Å². The van der Waals surface area contributed by atoms with Crippen LogP contribution < -0.4 is 5.73 Å². The number of nitrogens with zero attached hydrogens (tertiary/aromatic N) is 1. The van der Waals surface area contributed by atoms with Gasteiger partial charge in [0.15, 0.2) is 0 Å². The number of benzene rings is 1. The largest absolute Gasteiger partial charge is 0.329 e. The highest BCUT2D eigenvalue weighted by Crippen LogP contribution is 2.28. The molecule has 0 bridgehead atoms. The average molecular weight is 350 g/mol. The van der Waals surface area contributed by atoms with Crippen LogP contribution in [0.1, 0.15) is 25.5 Å². The molecule has 0 aliphatic rings. The van der Waals surface area contributed by atoms with E-state index >= 15 is 0 Å². The van der Waals surface area contributed by atoms with Crippen LogP contribution in [0.15, 0.2) is 27.1 Å². The van der Waals surface area contributed by atoms with E-state index in [4.69, 9.17) is 5.73 Å². The summed E-state index contributed by atoms with van der Waals surface area (Å²) in [4.78, 5) is 2.29. The summed E-state index contributed by atoms with van der Waals surface area (Å²) in [6, 6.07) is 7.04. The Morgan fingerprint density at radius 1 is 1.25 bits per heavy atom. The van der Waals surface area contributed by atoms with Crippen LogP contribution in [0.4, 0.5) is 0 Å². The molecule has 0 aliphatic carbocycles. The molecular formula is C12H18Br2N2. The fourth-order valence-electron chi connectivity index (χ4n) is 1.62. The minimum atomic E-state index is 0.268. The van der Waals surface area contributed by atoms with Gasteiger partial charge < -0.3 is 5.73 Å². The summed E-state index contributed by atoms with van der Waals surface area (Å²) < 4.78 is 2.14. The molecule has 4 heteroatoms. The van der Waals surface area contributed by atoms with Crippen molar-refractivity contribution in [3.05, 3.63) is 32.7 Å². The molecular weight excluding hydrogens is 332 g/mol. The molecule has 90 valence electrons. The fourth-order valence-corrected chi connectivity index (χ4v) is 2.26. The second-order valence-corrected chi connectivity index (χ2v) is 5.89.